The van der Waals surface area contributed by atoms with Crippen LogP contribution in [0.25, 0.3) is 55.3 Å². The van der Waals surface area contributed by atoms with Gasteiger partial charge in [-0.2, -0.15) is 0 Å². The first-order valence-corrected chi connectivity index (χ1v) is 22.1. The molecule has 0 fully saturated rings. The summed E-state index contributed by atoms with van der Waals surface area (Å²) in [4.78, 5) is 2.28. The van der Waals surface area contributed by atoms with Gasteiger partial charge in [-0.1, -0.05) is 164 Å². The molecule has 1 aliphatic carbocycles. The molecule has 0 saturated heterocycles. The van der Waals surface area contributed by atoms with Crippen molar-refractivity contribution in [3.05, 3.63) is 259 Å². The summed E-state index contributed by atoms with van der Waals surface area (Å²) in [6.45, 7) is 0. The van der Waals surface area contributed by atoms with Gasteiger partial charge in [-0.3, -0.25) is 0 Å². The van der Waals surface area contributed by atoms with Crippen LogP contribution in [0.2, 0.25) is 0 Å². The van der Waals surface area contributed by atoms with Gasteiger partial charge in [-0.05, 0) is 122 Å². The van der Waals surface area contributed by atoms with Gasteiger partial charge in [-0.25, -0.2) is 0 Å². The maximum Gasteiger partial charge on any atom is 0.172 e. The van der Waals surface area contributed by atoms with Gasteiger partial charge < -0.3 is 18.8 Å². The topological polar surface area (TPSA) is 34.8 Å². The van der Waals surface area contributed by atoms with Gasteiger partial charge >= 0.3 is 0 Å². The van der Waals surface area contributed by atoms with Crippen LogP contribution in [0.3, 0.4) is 0 Å². The predicted molar refractivity (Wildman–Crippen MR) is 263 cm³/mol. The molecule has 1 aromatic heterocycles. The van der Waals surface area contributed by atoms with E-state index in [4.69, 9.17) is 13.9 Å². The second-order valence-electron chi connectivity index (χ2n) is 16.8. The number of hydrogen-bond donors (Lipinski definition) is 0. The summed E-state index contributed by atoms with van der Waals surface area (Å²) in [6.07, 6.45) is 0. The van der Waals surface area contributed by atoms with Crippen molar-refractivity contribution < 1.29 is 13.9 Å². The van der Waals surface area contributed by atoms with Gasteiger partial charge in [0.05, 0.1) is 11.1 Å². The van der Waals surface area contributed by atoms with Crippen LogP contribution < -0.4 is 14.4 Å². The van der Waals surface area contributed by atoms with Gasteiger partial charge in [0.2, 0.25) is 0 Å². The average molecular weight is 834 g/mol. The van der Waals surface area contributed by atoms with Crippen LogP contribution in [0.4, 0.5) is 17.1 Å². The number of ether oxygens (including phenoxy) is 2. The Hall–Kier alpha value is -8.60. The van der Waals surface area contributed by atoms with E-state index in [1.54, 1.807) is 0 Å². The lowest BCUT2D eigenvalue weighted by atomic mass is 9.67. The van der Waals surface area contributed by atoms with Crippen molar-refractivity contribution >= 4 is 39.0 Å². The fraction of sp³-hybridized carbons (Fsp3) is 0.0164. The zero-order valence-electron chi connectivity index (χ0n) is 35.2. The Morgan fingerprint density at radius 2 is 0.877 bits per heavy atom. The molecule has 0 amide bonds. The van der Waals surface area contributed by atoms with Gasteiger partial charge in [0.1, 0.15) is 11.2 Å². The van der Waals surface area contributed by atoms with E-state index in [2.05, 4.69) is 223 Å². The zero-order chi connectivity index (χ0) is 42.9. The first-order valence-electron chi connectivity index (χ1n) is 22.1. The number of furan rings is 1. The molecular formula is C61H39NO3. The minimum absolute atomic E-state index is 0.540. The third-order valence-corrected chi connectivity index (χ3v) is 13.2. The fourth-order valence-electron chi connectivity index (χ4n) is 10.3. The number of nitrogens with zero attached hydrogens (tertiary/aromatic N) is 1. The fourth-order valence-corrected chi connectivity index (χ4v) is 10.3. The maximum atomic E-state index is 6.93. The van der Waals surface area contributed by atoms with E-state index in [0.29, 0.717) is 23.0 Å². The normalized spacial score (nSPS) is 13.0. The van der Waals surface area contributed by atoms with Gasteiger partial charge in [0.25, 0.3) is 0 Å². The highest BCUT2D eigenvalue weighted by molar-refractivity contribution is 6.06. The zero-order valence-corrected chi connectivity index (χ0v) is 35.2. The van der Waals surface area contributed by atoms with Crippen LogP contribution in [-0.4, -0.2) is 0 Å². The molecule has 306 valence electrons. The number of para-hydroxylation sites is 1. The molecule has 0 saturated carbocycles. The molecule has 2 heterocycles. The predicted octanol–water partition coefficient (Wildman–Crippen LogP) is 16.7. The molecule has 4 heteroatoms. The van der Waals surface area contributed by atoms with E-state index in [9.17, 15) is 0 Å². The molecule has 65 heavy (non-hydrogen) atoms. The Balaban J connectivity index is 0.907. The highest BCUT2D eigenvalue weighted by Crippen LogP contribution is 2.60. The molecule has 0 unspecified atom stereocenters. The summed E-state index contributed by atoms with van der Waals surface area (Å²) >= 11 is 0. The summed E-state index contributed by atoms with van der Waals surface area (Å²) < 4.78 is 20.0. The first-order chi connectivity index (χ1) is 32.2. The van der Waals surface area contributed by atoms with Crippen LogP contribution in [0.5, 0.6) is 23.0 Å². The lowest BCUT2D eigenvalue weighted by Crippen LogP contribution is -2.28. The highest BCUT2D eigenvalue weighted by Gasteiger charge is 2.47. The number of fused-ring (bicyclic) bond motifs is 8. The van der Waals surface area contributed by atoms with Crippen molar-refractivity contribution in [2.24, 2.45) is 0 Å². The Morgan fingerprint density at radius 1 is 0.308 bits per heavy atom. The molecule has 4 nitrogen and oxygen atoms in total. The molecule has 13 rings (SSSR count). The molecule has 0 atom stereocenters. The molecular weight excluding hydrogens is 795 g/mol. The number of benzene rings is 10. The summed E-state index contributed by atoms with van der Waals surface area (Å²) in [5, 5.41) is 2.25. The van der Waals surface area contributed by atoms with Crippen LogP contribution in [0.1, 0.15) is 22.3 Å². The van der Waals surface area contributed by atoms with E-state index in [1.807, 2.05) is 18.2 Å². The lowest BCUT2D eigenvalue weighted by molar-refractivity contribution is 0.359. The third kappa shape index (κ3) is 5.92. The summed E-state index contributed by atoms with van der Waals surface area (Å²) in [7, 11) is 0. The largest absolute Gasteiger partial charge is 0.456 e. The molecule has 0 radical (unpaired) electrons. The summed E-state index contributed by atoms with van der Waals surface area (Å²) in [6, 6.07) is 83.7. The number of anilines is 3. The third-order valence-electron chi connectivity index (χ3n) is 13.2. The van der Waals surface area contributed by atoms with Crippen LogP contribution in [0, 0.1) is 0 Å². The summed E-state index contributed by atoms with van der Waals surface area (Å²) in [5.41, 5.74) is 15.8. The van der Waals surface area contributed by atoms with E-state index in [0.717, 1.165) is 66.8 Å². The van der Waals surface area contributed by atoms with Crippen LogP contribution in [-0.2, 0) is 5.41 Å². The van der Waals surface area contributed by atoms with Crippen LogP contribution >= 0.6 is 0 Å². The van der Waals surface area contributed by atoms with Crippen molar-refractivity contribution in [1.82, 2.24) is 0 Å². The van der Waals surface area contributed by atoms with Crippen molar-refractivity contribution in [3.8, 4) is 56.4 Å². The van der Waals surface area contributed by atoms with Crippen LogP contribution in [0.15, 0.2) is 241 Å². The van der Waals surface area contributed by atoms with Crippen molar-refractivity contribution in [3.63, 3.8) is 0 Å². The second kappa shape index (κ2) is 14.8. The van der Waals surface area contributed by atoms with Gasteiger partial charge in [0, 0.05) is 28.2 Å². The average Bonchev–Trinajstić information content (AvgIpc) is 3.89. The Morgan fingerprint density at radius 3 is 1.68 bits per heavy atom. The Kier molecular flexibility index (Phi) is 8.40. The maximum absolute atomic E-state index is 6.93. The van der Waals surface area contributed by atoms with Gasteiger partial charge in [-0.15, -0.1) is 0 Å². The molecule has 10 aromatic carbocycles. The standard InChI is InChI=1S/C61H39NO3/c1-4-15-40(16-5-1)42-17-14-22-47(35-42)62(46-30-27-41(28-31-46)43-29-33-51-50-24-11-13-26-55(50)63-57(51)36-43)48-32-34-56-58(37-48)65-59-38-52-49-23-10-12-25-53(49)61(44-18-6-2-7-19-44,45-20-8-3-9-21-45)54(52)39-60(59)64-56/h1-39H. The number of rotatable bonds is 7. The number of hydrogen-bond acceptors (Lipinski definition) is 4. The second-order valence-corrected chi connectivity index (χ2v) is 16.8. The van der Waals surface area contributed by atoms with Crippen molar-refractivity contribution in [2.75, 3.05) is 4.90 Å². The Bertz CT molecular complexity index is 3560. The smallest absolute Gasteiger partial charge is 0.172 e. The minimum Gasteiger partial charge on any atom is -0.456 e. The molecule has 0 spiro atoms. The quantitative estimate of drug-likeness (QED) is 0.160. The molecule has 2 aliphatic rings. The highest BCUT2D eigenvalue weighted by atomic mass is 16.6. The summed E-state index contributed by atoms with van der Waals surface area (Å²) in [5.74, 6) is 2.69. The lowest BCUT2D eigenvalue weighted by Gasteiger charge is -2.34. The van der Waals surface area contributed by atoms with Gasteiger partial charge in [0.15, 0.2) is 23.0 Å². The Labute approximate surface area is 376 Å². The monoisotopic (exact) mass is 833 g/mol. The SMILES string of the molecule is c1ccc(-c2cccc(N(c3ccc(-c4ccc5c(c4)oc4ccccc45)cc3)c3ccc4c(c3)Oc3cc5c(cc3O4)C(c3ccccc3)(c3ccccc3)c3ccccc3-5)c2)cc1. The van der Waals surface area contributed by atoms with E-state index in [1.165, 1.54) is 27.8 Å². The first kappa shape index (κ1) is 37.0. The molecule has 0 N–H and O–H groups in total. The van der Waals surface area contributed by atoms with Crippen molar-refractivity contribution in [1.29, 1.82) is 0 Å². The minimum atomic E-state index is -0.540. The van der Waals surface area contributed by atoms with Crippen molar-refractivity contribution in [2.45, 2.75) is 5.41 Å². The molecule has 1 aliphatic heterocycles. The van der Waals surface area contributed by atoms with E-state index in [-0.39, 0.29) is 0 Å². The van der Waals surface area contributed by atoms with E-state index < -0.39 is 5.41 Å². The van der Waals surface area contributed by atoms with E-state index >= 15 is 0 Å². The molecule has 0 bridgehead atoms. The molecule has 11 aromatic rings.